The molecule has 1 aliphatic rings. The molecule has 2 N–H and O–H groups in total. The SMILES string of the molecule is CCC(C)C(NC(=O)c1ccccc1)C(=O)NCC1CCN(c2ccccc2)C1. The van der Waals surface area contributed by atoms with Gasteiger partial charge in [-0.05, 0) is 42.5 Å². The van der Waals surface area contributed by atoms with E-state index in [1.54, 1.807) is 12.1 Å². The molecule has 0 bridgehead atoms. The van der Waals surface area contributed by atoms with Gasteiger partial charge in [0.25, 0.3) is 5.91 Å². The van der Waals surface area contributed by atoms with Crippen LogP contribution in [0.1, 0.15) is 37.0 Å². The van der Waals surface area contributed by atoms with E-state index in [1.165, 1.54) is 5.69 Å². The van der Waals surface area contributed by atoms with Gasteiger partial charge in [0.05, 0.1) is 0 Å². The van der Waals surface area contributed by atoms with Crippen LogP contribution in [0.15, 0.2) is 60.7 Å². The Labute approximate surface area is 173 Å². The van der Waals surface area contributed by atoms with Gasteiger partial charge in [-0.25, -0.2) is 0 Å². The highest BCUT2D eigenvalue weighted by molar-refractivity contribution is 5.97. The Bertz CT molecular complexity index is 794. The predicted octanol–water partition coefficient (Wildman–Crippen LogP) is 3.47. The largest absolute Gasteiger partial charge is 0.371 e. The molecule has 5 nitrogen and oxygen atoms in total. The van der Waals surface area contributed by atoms with Crippen molar-refractivity contribution in [1.29, 1.82) is 0 Å². The molecule has 0 aliphatic carbocycles. The number of hydrogen-bond acceptors (Lipinski definition) is 3. The van der Waals surface area contributed by atoms with E-state index in [9.17, 15) is 9.59 Å². The maximum atomic E-state index is 12.9. The number of anilines is 1. The summed E-state index contributed by atoms with van der Waals surface area (Å²) in [4.78, 5) is 27.8. The second-order valence-corrected chi connectivity index (χ2v) is 7.88. The summed E-state index contributed by atoms with van der Waals surface area (Å²) in [6.07, 6.45) is 1.87. The van der Waals surface area contributed by atoms with Crippen LogP contribution >= 0.6 is 0 Å². The lowest BCUT2D eigenvalue weighted by Gasteiger charge is -2.24. The van der Waals surface area contributed by atoms with E-state index >= 15 is 0 Å². The van der Waals surface area contributed by atoms with Crippen molar-refractivity contribution in [2.75, 3.05) is 24.5 Å². The number of carbonyl (C=O) groups excluding carboxylic acids is 2. The van der Waals surface area contributed by atoms with Crippen molar-refractivity contribution in [3.63, 3.8) is 0 Å². The highest BCUT2D eigenvalue weighted by atomic mass is 16.2. The lowest BCUT2D eigenvalue weighted by Crippen LogP contribution is -2.51. The van der Waals surface area contributed by atoms with Gasteiger partial charge in [0.2, 0.25) is 5.91 Å². The summed E-state index contributed by atoms with van der Waals surface area (Å²) in [6, 6.07) is 18.9. The Kier molecular flexibility index (Phi) is 7.28. The summed E-state index contributed by atoms with van der Waals surface area (Å²) < 4.78 is 0. The highest BCUT2D eigenvalue weighted by Crippen LogP contribution is 2.23. The molecular formula is C24H31N3O2. The normalized spacial score (nSPS) is 18.1. The molecule has 0 spiro atoms. The van der Waals surface area contributed by atoms with E-state index in [4.69, 9.17) is 0 Å². The average molecular weight is 394 g/mol. The Balaban J connectivity index is 1.54. The molecule has 1 heterocycles. The Morgan fingerprint density at radius 2 is 1.72 bits per heavy atom. The number of amides is 2. The molecule has 3 atom stereocenters. The molecule has 154 valence electrons. The van der Waals surface area contributed by atoms with Crippen molar-refractivity contribution in [2.45, 2.75) is 32.7 Å². The maximum Gasteiger partial charge on any atom is 0.251 e. The third-order valence-electron chi connectivity index (χ3n) is 5.79. The molecule has 3 rings (SSSR count). The third kappa shape index (κ3) is 5.59. The van der Waals surface area contributed by atoms with Crippen molar-refractivity contribution in [2.24, 2.45) is 11.8 Å². The fourth-order valence-corrected chi connectivity index (χ4v) is 3.74. The van der Waals surface area contributed by atoms with Crippen LogP contribution in [0, 0.1) is 11.8 Å². The van der Waals surface area contributed by atoms with Gasteiger partial charge in [0.1, 0.15) is 6.04 Å². The number of carbonyl (C=O) groups is 2. The summed E-state index contributed by atoms with van der Waals surface area (Å²) in [7, 11) is 0. The Morgan fingerprint density at radius 1 is 1.07 bits per heavy atom. The molecule has 2 amide bonds. The number of nitrogens with one attached hydrogen (secondary N) is 2. The van der Waals surface area contributed by atoms with E-state index in [0.717, 1.165) is 25.9 Å². The van der Waals surface area contributed by atoms with E-state index in [1.807, 2.05) is 38.1 Å². The van der Waals surface area contributed by atoms with Crippen LogP contribution in [0.2, 0.25) is 0 Å². The molecular weight excluding hydrogens is 362 g/mol. The second kappa shape index (κ2) is 10.1. The maximum absolute atomic E-state index is 12.9. The molecule has 0 aromatic heterocycles. The van der Waals surface area contributed by atoms with Gasteiger partial charge < -0.3 is 15.5 Å². The zero-order valence-electron chi connectivity index (χ0n) is 17.3. The monoisotopic (exact) mass is 393 g/mol. The minimum atomic E-state index is -0.528. The first kappa shape index (κ1) is 20.9. The Morgan fingerprint density at radius 3 is 2.38 bits per heavy atom. The van der Waals surface area contributed by atoms with E-state index in [-0.39, 0.29) is 17.7 Å². The quantitative estimate of drug-likeness (QED) is 0.722. The van der Waals surface area contributed by atoms with Crippen LogP contribution in [0.25, 0.3) is 0 Å². The van der Waals surface area contributed by atoms with Crippen LogP contribution in [0.5, 0.6) is 0 Å². The highest BCUT2D eigenvalue weighted by Gasteiger charge is 2.28. The summed E-state index contributed by atoms with van der Waals surface area (Å²) in [5.74, 6) is 0.178. The molecule has 2 aromatic carbocycles. The molecule has 1 saturated heterocycles. The van der Waals surface area contributed by atoms with Gasteiger partial charge in [-0.3, -0.25) is 9.59 Å². The first-order chi connectivity index (χ1) is 14.1. The van der Waals surface area contributed by atoms with Crippen molar-refractivity contribution < 1.29 is 9.59 Å². The fraction of sp³-hybridized carbons (Fsp3) is 0.417. The number of nitrogens with zero attached hydrogens (tertiary/aromatic N) is 1. The average Bonchev–Trinajstić information content (AvgIpc) is 3.25. The zero-order chi connectivity index (χ0) is 20.6. The number of rotatable bonds is 8. The van der Waals surface area contributed by atoms with Crippen LogP contribution < -0.4 is 15.5 Å². The predicted molar refractivity (Wildman–Crippen MR) is 117 cm³/mol. The molecule has 2 aromatic rings. The molecule has 0 saturated carbocycles. The standard InChI is InChI=1S/C24H31N3O2/c1-3-18(2)22(26-23(28)20-10-6-4-7-11-20)24(29)25-16-19-14-15-27(17-19)21-12-8-5-9-13-21/h4-13,18-19,22H,3,14-17H2,1-2H3,(H,25,29)(H,26,28). The van der Waals surface area contributed by atoms with E-state index < -0.39 is 6.04 Å². The topological polar surface area (TPSA) is 61.4 Å². The first-order valence-corrected chi connectivity index (χ1v) is 10.5. The van der Waals surface area contributed by atoms with E-state index in [0.29, 0.717) is 18.0 Å². The van der Waals surface area contributed by atoms with Crippen molar-refractivity contribution >= 4 is 17.5 Å². The van der Waals surface area contributed by atoms with Gasteiger partial charge >= 0.3 is 0 Å². The second-order valence-electron chi connectivity index (χ2n) is 7.88. The minimum absolute atomic E-state index is 0.0621. The minimum Gasteiger partial charge on any atom is -0.371 e. The van der Waals surface area contributed by atoms with Gasteiger partial charge in [0, 0.05) is 30.9 Å². The number of benzene rings is 2. The summed E-state index contributed by atoms with van der Waals surface area (Å²) in [5, 5.41) is 6.02. The van der Waals surface area contributed by atoms with Crippen molar-refractivity contribution in [3.05, 3.63) is 66.2 Å². The van der Waals surface area contributed by atoms with Crippen LogP contribution in [-0.4, -0.2) is 37.5 Å². The molecule has 5 heteroatoms. The Hall–Kier alpha value is -2.82. The van der Waals surface area contributed by atoms with Crippen LogP contribution in [0.3, 0.4) is 0 Å². The lowest BCUT2D eigenvalue weighted by molar-refractivity contribution is -0.124. The van der Waals surface area contributed by atoms with Crippen molar-refractivity contribution in [3.8, 4) is 0 Å². The van der Waals surface area contributed by atoms with Gasteiger partial charge in [-0.15, -0.1) is 0 Å². The third-order valence-corrected chi connectivity index (χ3v) is 5.79. The summed E-state index contributed by atoms with van der Waals surface area (Å²) in [5.41, 5.74) is 1.80. The van der Waals surface area contributed by atoms with Gasteiger partial charge in [-0.1, -0.05) is 56.7 Å². The zero-order valence-corrected chi connectivity index (χ0v) is 17.3. The van der Waals surface area contributed by atoms with Crippen LogP contribution in [-0.2, 0) is 4.79 Å². The summed E-state index contributed by atoms with van der Waals surface area (Å²) >= 11 is 0. The number of hydrogen-bond donors (Lipinski definition) is 2. The number of para-hydroxylation sites is 1. The smallest absolute Gasteiger partial charge is 0.251 e. The first-order valence-electron chi connectivity index (χ1n) is 10.5. The molecule has 1 aliphatic heterocycles. The summed E-state index contributed by atoms with van der Waals surface area (Å²) in [6.45, 7) is 6.62. The van der Waals surface area contributed by atoms with Gasteiger partial charge in [-0.2, -0.15) is 0 Å². The van der Waals surface area contributed by atoms with E-state index in [2.05, 4.69) is 39.8 Å². The van der Waals surface area contributed by atoms with Crippen molar-refractivity contribution in [1.82, 2.24) is 10.6 Å². The lowest BCUT2D eigenvalue weighted by atomic mass is 9.97. The molecule has 29 heavy (non-hydrogen) atoms. The fourth-order valence-electron chi connectivity index (χ4n) is 3.74. The molecule has 0 radical (unpaired) electrons. The molecule has 1 fully saturated rings. The molecule has 3 unspecified atom stereocenters. The van der Waals surface area contributed by atoms with Crippen LogP contribution in [0.4, 0.5) is 5.69 Å². The van der Waals surface area contributed by atoms with Gasteiger partial charge in [0.15, 0.2) is 0 Å².